The third kappa shape index (κ3) is 8.60. The van der Waals surface area contributed by atoms with Gasteiger partial charge in [-0.15, -0.1) is 0 Å². The van der Waals surface area contributed by atoms with Crippen molar-refractivity contribution in [3.05, 3.63) is 24.3 Å². The van der Waals surface area contributed by atoms with Gasteiger partial charge in [-0.3, -0.25) is 4.79 Å². The number of para-hydroxylation sites is 2. The van der Waals surface area contributed by atoms with Crippen molar-refractivity contribution in [2.45, 2.75) is 46.3 Å². The molecule has 0 heterocycles. The highest BCUT2D eigenvalue weighted by molar-refractivity contribution is 5.85. The molecule has 1 atom stereocenters. The minimum absolute atomic E-state index is 0.0638. The monoisotopic (exact) mass is 364 g/mol. The van der Waals surface area contributed by atoms with E-state index in [1.165, 1.54) is 0 Å². The van der Waals surface area contributed by atoms with Gasteiger partial charge in [0.2, 0.25) is 5.91 Å². The van der Waals surface area contributed by atoms with Crippen LogP contribution in [-0.4, -0.2) is 50.3 Å². The SMILES string of the molecule is CCNC(=NCC(=O)NC(C)(C)C)NCC(C)Oc1ccccc1OC. The molecule has 0 aliphatic rings. The van der Waals surface area contributed by atoms with Crippen molar-refractivity contribution < 1.29 is 14.3 Å². The highest BCUT2D eigenvalue weighted by Crippen LogP contribution is 2.26. The molecule has 0 spiro atoms. The molecule has 1 aromatic rings. The van der Waals surface area contributed by atoms with E-state index in [2.05, 4.69) is 20.9 Å². The van der Waals surface area contributed by atoms with Crippen molar-refractivity contribution in [2.24, 2.45) is 4.99 Å². The molecule has 0 bridgehead atoms. The Hall–Kier alpha value is -2.44. The van der Waals surface area contributed by atoms with Gasteiger partial charge in [0.1, 0.15) is 12.6 Å². The van der Waals surface area contributed by atoms with Gasteiger partial charge in [0.15, 0.2) is 17.5 Å². The standard InChI is InChI=1S/C19H32N4O3/c1-7-20-18(22-13-17(24)23-19(3,4)5)21-12-14(2)26-16-11-9-8-10-15(16)25-6/h8-11,14H,7,12-13H2,1-6H3,(H,23,24)(H2,20,21,22). The summed E-state index contributed by atoms with van der Waals surface area (Å²) < 4.78 is 11.2. The van der Waals surface area contributed by atoms with Crippen molar-refractivity contribution in [3.8, 4) is 11.5 Å². The smallest absolute Gasteiger partial charge is 0.242 e. The first kappa shape index (κ1) is 21.6. The number of rotatable bonds is 8. The maximum atomic E-state index is 11.9. The van der Waals surface area contributed by atoms with Crippen LogP contribution in [0.15, 0.2) is 29.3 Å². The molecule has 0 fully saturated rings. The molecular formula is C19H32N4O3. The number of hydrogen-bond donors (Lipinski definition) is 3. The summed E-state index contributed by atoms with van der Waals surface area (Å²) in [5.41, 5.74) is -0.268. The largest absolute Gasteiger partial charge is 0.493 e. The van der Waals surface area contributed by atoms with Gasteiger partial charge in [-0.2, -0.15) is 0 Å². The lowest BCUT2D eigenvalue weighted by Gasteiger charge is -2.20. The Morgan fingerprint density at radius 2 is 1.85 bits per heavy atom. The number of nitrogens with one attached hydrogen (secondary N) is 3. The first-order valence-electron chi connectivity index (χ1n) is 8.88. The number of methoxy groups -OCH3 is 1. The Morgan fingerprint density at radius 1 is 1.19 bits per heavy atom. The summed E-state index contributed by atoms with van der Waals surface area (Å²) in [6, 6.07) is 7.52. The van der Waals surface area contributed by atoms with Crippen LogP contribution in [0.4, 0.5) is 0 Å². The van der Waals surface area contributed by atoms with E-state index in [0.29, 0.717) is 30.5 Å². The number of amides is 1. The first-order chi connectivity index (χ1) is 12.2. The van der Waals surface area contributed by atoms with Crippen LogP contribution in [0.1, 0.15) is 34.6 Å². The zero-order valence-corrected chi connectivity index (χ0v) is 16.7. The Kier molecular flexibility index (Phi) is 8.75. The quantitative estimate of drug-likeness (QED) is 0.485. The molecule has 7 heteroatoms. The molecule has 0 saturated heterocycles. The van der Waals surface area contributed by atoms with E-state index in [-0.39, 0.29) is 24.1 Å². The minimum atomic E-state index is -0.268. The van der Waals surface area contributed by atoms with Gasteiger partial charge in [-0.25, -0.2) is 4.99 Å². The molecule has 1 rings (SSSR count). The molecule has 1 aromatic carbocycles. The average Bonchev–Trinajstić information content (AvgIpc) is 2.56. The minimum Gasteiger partial charge on any atom is -0.493 e. The topological polar surface area (TPSA) is 84.0 Å². The Balaban J connectivity index is 2.56. The van der Waals surface area contributed by atoms with Gasteiger partial charge < -0.3 is 25.4 Å². The van der Waals surface area contributed by atoms with E-state index in [4.69, 9.17) is 9.47 Å². The average molecular weight is 364 g/mol. The molecule has 146 valence electrons. The third-order valence-corrected chi connectivity index (χ3v) is 3.19. The van der Waals surface area contributed by atoms with Crippen LogP contribution in [0.5, 0.6) is 11.5 Å². The van der Waals surface area contributed by atoms with Gasteiger partial charge in [-0.05, 0) is 46.8 Å². The fourth-order valence-electron chi connectivity index (χ4n) is 2.17. The summed E-state index contributed by atoms with van der Waals surface area (Å²) in [7, 11) is 1.61. The van der Waals surface area contributed by atoms with E-state index < -0.39 is 0 Å². The molecule has 7 nitrogen and oxygen atoms in total. The van der Waals surface area contributed by atoms with Gasteiger partial charge >= 0.3 is 0 Å². The number of hydrogen-bond acceptors (Lipinski definition) is 4. The number of benzene rings is 1. The maximum absolute atomic E-state index is 11.9. The van der Waals surface area contributed by atoms with Crippen LogP contribution >= 0.6 is 0 Å². The summed E-state index contributed by atoms with van der Waals surface area (Å²) in [6.45, 7) is 11.0. The van der Waals surface area contributed by atoms with Crippen LogP contribution in [0, 0.1) is 0 Å². The molecular weight excluding hydrogens is 332 g/mol. The van der Waals surface area contributed by atoms with Crippen LogP contribution in [0.3, 0.4) is 0 Å². The molecule has 0 radical (unpaired) electrons. The molecule has 1 unspecified atom stereocenters. The molecule has 0 aromatic heterocycles. The molecule has 26 heavy (non-hydrogen) atoms. The fraction of sp³-hybridized carbons (Fsp3) is 0.579. The highest BCUT2D eigenvalue weighted by Gasteiger charge is 2.13. The molecule has 3 N–H and O–H groups in total. The lowest BCUT2D eigenvalue weighted by atomic mass is 10.1. The second kappa shape index (κ2) is 10.5. The molecule has 1 amide bonds. The summed E-state index contributed by atoms with van der Waals surface area (Å²) in [6.07, 6.45) is -0.112. The normalized spacial score (nSPS) is 12.9. The lowest BCUT2D eigenvalue weighted by molar-refractivity contribution is -0.121. The van der Waals surface area contributed by atoms with Gasteiger partial charge in [0.05, 0.1) is 13.7 Å². The van der Waals surface area contributed by atoms with Crippen molar-refractivity contribution in [1.29, 1.82) is 0 Å². The summed E-state index contributed by atoms with van der Waals surface area (Å²) in [5.74, 6) is 1.84. The number of aliphatic imine (C=N–C) groups is 1. The molecule has 0 aliphatic carbocycles. The summed E-state index contributed by atoms with van der Waals surface area (Å²) >= 11 is 0. The van der Waals surface area contributed by atoms with Crippen molar-refractivity contribution in [1.82, 2.24) is 16.0 Å². The number of guanidine groups is 1. The van der Waals surface area contributed by atoms with Crippen molar-refractivity contribution in [3.63, 3.8) is 0 Å². The second-order valence-corrected chi connectivity index (χ2v) is 6.95. The number of carbonyl (C=O) groups is 1. The van der Waals surface area contributed by atoms with Crippen molar-refractivity contribution >= 4 is 11.9 Å². The van der Waals surface area contributed by atoms with Gasteiger partial charge in [0.25, 0.3) is 0 Å². The molecule has 0 aliphatic heterocycles. The van der Waals surface area contributed by atoms with Crippen LogP contribution in [0.2, 0.25) is 0 Å². The highest BCUT2D eigenvalue weighted by atomic mass is 16.5. The predicted octanol–water partition coefficient (Wildman–Crippen LogP) is 1.93. The number of ether oxygens (including phenoxy) is 2. The van der Waals surface area contributed by atoms with E-state index >= 15 is 0 Å². The predicted molar refractivity (Wildman–Crippen MR) is 105 cm³/mol. The lowest BCUT2D eigenvalue weighted by Crippen LogP contribution is -2.44. The maximum Gasteiger partial charge on any atom is 0.242 e. The van der Waals surface area contributed by atoms with Crippen LogP contribution in [-0.2, 0) is 4.79 Å². The Bertz CT molecular complexity index is 597. The van der Waals surface area contributed by atoms with Crippen molar-refractivity contribution in [2.75, 3.05) is 26.7 Å². The second-order valence-electron chi connectivity index (χ2n) is 6.95. The fourth-order valence-corrected chi connectivity index (χ4v) is 2.17. The zero-order chi connectivity index (χ0) is 19.6. The van der Waals surface area contributed by atoms with Gasteiger partial charge in [0, 0.05) is 12.1 Å². The number of carbonyl (C=O) groups excluding carboxylic acids is 1. The Morgan fingerprint density at radius 3 is 2.42 bits per heavy atom. The Labute approximate surface area is 156 Å². The third-order valence-electron chi connectivity index (χ3n) is 3.19. The van der Waals surface area contributed by atoms with E-state index in [1.807, 2.05) is 58.9 Å². The van der Waals surface area contributed by atoms with E-state index in [0.717, 1.165) is 0 Å². The summed E-state index contributed by atoms with van der Waals surface area (Å²) in [5, 5.41) is 9.20. The van der Waals surface area contributed by atoms with E-state index in [9.17, 15) is 4.79 Å². The zero-order valence-electron chi connectivity index (χ0n) is 16.7. The number of nitrogens with zero attached hydrogens (tertiary/aromatic N) is 1. The molecule has 0 saturated carbocycles. The van der Waals surface area contributed by atoms with Gasteiger partial charge in [-0.1, -0.05) is 12.1 Å². The van der Waals surface area contributed by atoms with E-state index in [1.54, 1.807) is 7.11 Å². The van der Waals surface area contributed by atoms with Crippen LogP contribution < -0.4 is 25.4 Å². The summed E-state index contributed by atoms with van der Waals surface area (Å²) in [4.78, 5) is 16.2. The first-order valence-corrected chi connectivity index (χ1v) is 8.88. The van der Waals surface area contributed by atoms with Crippen LogP contribution in [0.25, 0.3) is 0 Å².